The van der Waals surface area contributed by atoms with Crippen LogP contribution in [0.15, 0.2) is 16.6 Å². The van der Waals surface area contributed by atoms with Gasteiger partial charge in [0.2, 0.25) is 0 Å². The van der Waals surface area contributed by atoms with Crippen LogP contribution in [0.1, 0.15) is 39.2 Å². The number of benzene rings is 1. The minimum absolute atomic E-state index is 0.126. The molecule has 2 rings (SSSR count). The first-order chi connectivity index (χ1) is 9.71. The van der Waals surface area contributed by atoms with Gasteiger partial charge in [0.15, 0.2) is 5.82 Å². The number of nitrogens with zero attached hydrogens (tertiary/aromatic N) is 1. The summed E-state index contributed by atoms with van der Waals surface area (Å²) in [7, 11) is 0. The minimum atomic E-state index is -0.322. The maximum atomic E-state index is 14.5. The fourth-order valence-corrected chi connectivity index (χ4v) is 3.53. The quantitative estimate of drug-likeness (QED) is 0.618. The van der Waals surface area contributed by atoms with Crippen LogP contribution in [-0.2, 0) is 0 Å². The molecule has 1 aromatic rings. The first-order valence-corrected chi connectivity index (χ1v) is 8.08. The van der Waals surface area contributed by atoms with E-state index in [2.05, 4.69) is 41.6 Å². The summed E-state index contributed by atoms with van der Waals surface area (Å²) in [4.78, 5) is 2.09. The largest absolute Gasteiger partial charge is 0.384 e. The number of nitrogens with two attached hydrogens (primary N) is 1. The molecule has 0 bridgehead atoms. The Labute approximate surface area is 134 Å². The van der Waals surface area contributed by atoms with Crippen LogP contribution in [0.2, 0.25) is 0 Å². The Morgan fingerprint density at radius 2 is 1.90 bits per heavy atom. The lowest BCUT2D eigenvalue weighted by atomic mass is 9.75. The van der Waals surface area contributed by atoms with Gasteiger partial charge in [-0.05, 0) is 52.2 Å². The van der Waals surface area contributed by atoms with Gasteiger partial charge in [-0.1, -0.05) is 20.8 Å². The van der Waals surface area contributed by atoms with Crippen LogP contribution in [-0.4, -0.2) is 18.9 Å². The third-order valence-corrected chi connectivity index (χ3v) is 5.19. The van der Waals surface area contributed by atoms with Crippen molar-refractivity contribution in [3.8, 4) is 0 Å². The van der Waals surface area contributed by atoms with Crippen LogP contribution in [0, 0.1) is 22.6 Å². The molecule has 1 saturated heterocycles. The average molecular weight is 356 g/mol. The van der Waals surface area contributed by atoms with Crippen molar-refractivity contribution in [2.75, 3.05) is 18.0 Å². The van der Waals surface area contributed by atoms with Crippen molar-refractivity contribution in [1.82, 2.24) is 0 Å². The molecule has 1 heterocycles. The molecule has 3 N–H and O–H groups in total. The molecule has 1 aliphatic rings. The summed E-state index contributed by atoms with van der Waals surface area (Å²) in [5, 5.41) is 7.45. The summed E-state index contributed by atoms with van der Waals surface area (Å²) in [5.41, 5.74) is 6.76. The predicted molar refractivity (Wildman–Crippen MR) is 89.5 cm³/mol. The molecule has 0 amide bonds. The molecule has 1 aromatic carbocycles. The van der Waals surface area contributed by atoms with Gasteiger partial charge in [-0.25, -0.2) is 4.39 Å². The van der Waals surface area contributed by atoms with Gasteiger partial charge in [-0.3, -0.25) is 5.41 Å². The number of hydrogen-bond donors (Lipinski definition) is 2. The molecular weight excluding hydrogens is 333 g/mol. The summed E-state index contributed by atoms with van der Waals surface area (Å²) in [5.74, 6) is 0.229. The van der Waals surface area contributed by atoms with Gasteiger partial charge in [0.1, 0.15) is 5.84 Å². The molecule has 1 fully saturated rings. The van der Waals surface area contributed by atoms with E-state index in [1.165, 1.54) is 0 Å². The second-order valence-electron chi connectivity index (χ2n) is 6.80. The molecule has 0 spiro atoms. The Hall–Kier alpha value is -1.10. The highest BCUT2D eigenvalue weighted by molar-refractivity contribution is 9.10. The molecule has 5 heteroatoms. The zero-order valence-electron chi connectivity index (χ0n) is 12.8. The van der Waals surface area contributed by atoms with E-state index in [1.54, 1.807) is 12.1 Å². The van der Waals surface area contributed by atoms with Gasteiger partial charge < -0.3 is 10.6 Å². The Kier molecular flexibility index (Phi) is 4.61. The molecule has 21 heavy (non-hydrogen) atoms. The van der Waals surface area contributed by atoms with E-state index in [-0.39, 0.29) is 16.1 Å². The van der Waals surface area contributed by atoms with Crippen LogP contribution >= 0.6 is 15.9 Å². The Morgan fingerprint density at radius 3 is 2.38 bits per heavy atom. The third kappa shape index (κ3) is 3.39. The second kappa shape index (κ2) is 5.95. The number of piperidine rings is 1. The number of hydrogen-bond acceptors (Lipinski definition) is 2. The number of halogens is 2. The fraction of sp³-hybridized carbons (Fsp3) is 0.562. The Morgan fingerprint density at radius 1 is 1.33 bits per heavy atom. The minimum Gasteiger partial charge on any atom is -0.384 e. The van der Waals surface area contributed by atoms with Crippen molar-refractivity contribution >= 4 is 27.5 Å². The average Bonchev–Trinajstić information content (AvgIpc) is 2.40. The van der Waals surface area contributed by atoms with Gasteiger partial charge in [0.05, 0.1) is 10.2 Å². The van der Waals surface area contributed by atoms with E-state index in [0.29, 0.717) is 22.6 Å². The van der Waals surface area contributed by atoms with Crippen LogP contribution in [0.4, 0.5) is 10.1 Å². The van der Waals surface area contributed by atoms with E-state index in [1.807, 2.05) is 0 Å². The lowest BCUT2D eigenvalue weighted by Crippen LogP contribution is -2.38. The van der Waals surface area contributed by atoms with Crippen molar-refractivity contribution < 1.29 is 4.39 Å². The lowest BCUT2D eigenvalue weighted by Gasteiger charge is -2.40. The molecule has 0 aromatic heterocycles. The summed E-state index contributed by atoms with van der Waals surface area (Å²) in [6, 6.07) is 3.44. The maximum absolute atomic E-state index is 14.5. The van der Waals surface area contributed by atoms with E-state index < -0.39 is 0 Å². The molecule has 1 aliphatic heterocycles. The molecule has 0 aliphatic carbocycles. The van der Waals surface area contributed by atoms with Gasteiger partial charge in [0, 0.05) is 18.7 Å². The highest BCUT2D eigenvalue weighted by Gasteiger charge is 2.30. The first-order valence-electron chi connectivity index (χ1n) is 7.29. The summed E-state index contributed by atoms with van der Waals surface area (Å²) >= 11 is 3.22. The highest BCUT2D eigenvalue weighted by atomic mass is 79.9. The van der Waals surface area contributed by atoms with Crippen LogP contribution in [0.3, 0.4) is 0 Å². The number of nitrogen functional groups attached to an aromatic ring is 1. The first kappa shape index (κ1) is 16.3. The van der Waals surface area contributed by atoms with E-state index in [9.17, 15) is 4.39 Å². The highest BCUT2D eigenvalue weighted by Crippen LogP contribution is 2.37. The van der Waals surface area contributed by atoms with E-state index >= 15 is 0 Å². The monoisotopic (exact) mass is 355 g/mol. The smallest absolute Gasteiger partial charge is 0.161 e. The van der Waals surface area contributed by atoms with Crippen molar-refractivity contribution in [3.63, 3.8) is 0 Å². The number of rotatable bonds is 2. The standard InChI is InChI=1S/C16H23BrFN3/c1-16(2,3)10-6-8-21(9-7-10)12-5-4-11(15(19)20)13(17)14(12)18/h4-5,10H,6-9H2,1-3H3,(H3,19,20). The fourth-order valence-electron chi connectivity index (χ4n) is 2.98. The Bertz CT molecular complexity index is 543. The normalized spacial score (nSPS) is 17.1. The molecule has 116 valence electrons. The molecule has 3 nitrogen and oxygen atoms in total. The second-order valence-corrected chi connectivity index (χ2v) is 7.59. The van der Waals surface area contributed by atoms with Crippen molar-refractivity contribution in [1.29, 1.82) is 5.41 Å². The summed E-state index contributed by atoms with van der Waals surface area (Å²) in [6.45, 7) is 8.54. The number of nitrogens with one attached hydrogen (secondary N) is 1. The van der Waals surface area contributed by atoms with Crippen molar-refractivity contribution in [2.24, 2.45) is 17.1 Å². The molecule has 0 radical (unpaired) electrons. The van der Waals surface area contributed by atoms with Gasteiger partial charge in [-0.15, -0.1) is 0 Å². The summed E-state index contributed by atoms with van der Waals surface area (Å²) < 4.78 is 14.8. The molecular formula is C16H23BrFN3. The van der Waals surface area contributed by atoms with E-state index in [4.69, 9.17) is 11.1 Å². The topological polar surface area (TPSA) is 53.1 Å². The van der Waals surface area contributed by atoms with Gasteiger partial charge in [0.25, 0.3) is 0 Å². The number of amidine groups is 1. The van der Waals surface area contributed by atoms with Gasteiger partial charge >= 0.3 is 0 Å². The molecule has 0 unspecified atom stereocenters. The molecule has 0 atom stereocenters. The van der Waals surface area contributed by atoms with Crippen LogP contribution < -0.4 is 10.6 Å². The summed E-state index contributed by atoms with van der Waals surface area (Å²) in [6.07, 6.45) is 2.16. The lowest BCUT2D eigenvalue weighted by molar-refractivity contribution is 0.198. The SMILES string of the molecule is CC(C)(C)C1CCN(c2ccc(C(=N)N)c(Br)c2F)CC1. The van der Waals surface area contributed by atoms with Gasteiger partial charge in [-0.2, -0.15) is 0 Å². The third-order valence-electron chi connectivity index (χ3n) is 4.41. The Balaban J connectivity index is 2.18. The van der Waals surface area contributed by atoms with E-state index in [0.717, 1.165) is 25.9 Å². The predicted octanol–water partition coefficient (Wildman–Crippen LogP) is 4.13. The maximum Gasteiger partial charge on any atom is 0.161 e. The zero-order chi connectivity index (χ0) is 15.8. The van der Waals surface area contributed by atoms with Crippen molar-refractivity contribution in [2.45, 2.75) is 33.6 Å². The van der Waals surface area contributed by atoms with Crippen LogP contribution in [0.25, 0.3) is 0 Å². The number of anilines is 1. The van der Waals surface area contributed by atoms with Crippen molar-refractivity contribution in [3.05, 3.63) is 28.0 Å². The zero-order valence-corrected chi connectivity index (χ0v) is 14.4. The molecule has 0 saturated carbocycles. The van der Waals surface area contributed by atoms with Crippen LogP contribution in [0.5, 0.6) is 0 Å².